The summed E-state index contributed by atoms with van der Waals surface area (Å²) in [4.78, 5) is 9.25. The highest BCUT2D eigenvalue weighted by Crippen LogP contribution is 2.23. The van der Waals surface area contributed by atoms with E-state index in [1.165, 1.54) is 5.56 Å². The molecule has 0 N–H and O–H groups in total. The molecule has 0 radical (unpaired) electrons. The molecule has 0 fully saturated rings. The lowest BCUT2D eigenvalue weighted by Crippen LogP contribution is -2.03. The Labute approximate surface area is 154 Å². The van der Waals surface area contributed by atoms with Gasteiger partial charge in [-0.05, 0) is 29.8 Å². The third-order valence-corrected chi connectivity index (χ3v) is 4.50. The molecule has 5 aromatic rings. The lowest BCUT2D eigenvalue weighted by Gasteiger charge is -2.02. The summed E-state index contributed by atoms with van der Waals surface area (Å²) in [6.07, 6.45) is 3.48. The molecule has 3 heterocycles. The molecule has 0 aliphatic rings. The minimum Gasteiger partial charge on any atom is -0.497 e. The molecule has 7 nitrogen and oxygen atoms in total. The van der Waals surface area contributed by atoms with Crippen molar-refractivity contribution in [2.45, 2.75) is 6.54 Å². The van der Waals surface area contributed by atoms with E-state index in [4.69, 9.17) is 9.72 Å². The van der Waals surface area contributed by atoms with Crippen molar-refractivity contribution in [1.29, 1.82) is 0 Å². The maximum absolute atomic E-state index is 5.21. The van der Waals surface area contributed by atoms with Gasteiger partial charge in [-0.15, -0.1) is 5.10 Å². The molecular formula is C20H16N6O. The maximum atomic E-state index is 5.21. The van der Waals surface area contributed by atoms with Crippen LogP contribution in [0.1, 0.15) is 5.56 Å². The fraction of sp³-hybridized carbons (Fsp3) is 0.100. The average molecular weight is 356 g/mol. The quantitative estimate of drug-likeness (QED) is 0.495. The Hall–Kier alpha value is -3.74. The van der Waals surface area contributed by atoms with Crippen molar-refractivity contribution in [1.82, 2.24) is 29.4 Å². The van der Waals surface area contributed by atoms with Gasteiger partial charge in [0, 0.05) is 5.56 Å². The molecule has 0 saturated carbocycles. The lowest BCUT2D eigenvalue weighted by molar-refractivity contribution is 0.415. The molecule has 0 unspecified atom stereocenters. The van der Waals surface area contributed by atoms with Crippen LogP contribution in [0.4, 0.5) is 0 Å². The zero-order valence-corrected chi connectivity index (χ0v) is 14.6. The largest absolute Gasteiger partial charge is 0.497 e. The summed E-state index contributed by atoms with van der Waals surface area (Å²) in [5, 5.41) is 9.92. The Balaban J connectivity index is 1.57. The highest BCUT2D eigenvalue weighted by Gasteiger charge is 2.13. The summed E-state index contributed by atoms with van der Waals surface area (Å²) in [6, 6.07) is 17.9. The molecule has 0 atom stereocenters. The van der Waals surface area contributed by atoms with Crippen LogP contribution < -0.4 is 4.74 Å². The third kappa shape index (κ3) is 2.69. The molecule has 0 bridgehead atoms. The number of nitrogens with zero attached hydrogens (tertiary/aromatic N) is 6. The Morgan fingerprint density at radius 3 is 2.56 bits per heavy atom. The molecule has 0 spiro atoms. The number of aromatic nitrogens is 6. The van der Waals surface area contributed by atoms with Gasteiger partial charge in [-0.25, -0.2) is 19.2 Å². The first kappa shape index (κ1) is 15.5. The Morgan fingerprint density at radius 1 is 0.963 bits per heavy atom. The van der Waals surface area contributed by atoms with Crippen molar-refractivity contribution in [2.24, 2.45) is 0 Å². The first-order valence-electron chi connectivity index (χ1n) is 8.57. The van der Waals surface area contributed by atoms with Gasteiger partial charge in [0.25, 0.3) is 0 Å². The van der Waals surface area contributed by atoms with Crippen molar-refractivity contribution < 1.29 is 4.74 Å². The van der Waals surface area contributed by atoms with Gasteiger partial charge in [0.15, 0.2) is 17.1 Å². The minimum atomic E-state index is 0.641. The maximum Gasteiger partial charge on any atom is 0.182 e. The summed E-state index contributed by atoms with van der Waals surface area (Å²) in [6.45, 7) is 0.660. The summed E-state index contributed by atoms with van der Waals surface area (Å²) < 4.78 is 8.78. The van der Waals surface area contributed by atoms with Crippen LogP contribution in [0.5, 0.6) is 5.75 Å². The van der Waals surface area contributed by atoms with E-state index in [0.717, 1.165) is 28.0 Å². The number of hydrogen-bond donors (Lipinski definition) is 0. The van der Waals surface area contributed by atoms with Crippen LogP contribution in [0.2, 0.25) is 0 Å². The van der Waals surface area contributed by atoms with E-state index in [1.807, 2.05) is 47.1 Å². The predicted molar refractivity (Wildman–Crippen MR) is 102 cm³/mol. The van der Waals surface area contributed by atoms with Gasteiger partial charge in [-0.1, -0.05) is 30.3 Å². The molecule has 7 heteroatoms. The molecule has 0 amide bonds. The number of rotatable bonds is 4. The van der Waals surface area contributed by atoms with Crippen LogP contribution in [-0.2, 0) is 6.54 Å². The highest BCUT2D eigenvalue weighted by molar-refractivity contribution is 5.89. The summed E-state index contributed by atoms with van der Waals surface area (Å²) in [5.41, 5.74) is 3.62. The molecule has 132 valence electrons. The van der Waals surface area contributed by atoms with Crippen molar-refractivity contribution >= 4 is 16.7 Å². The average Bonchev–Trinajstić information content (AvgIpc) is 3.33. The standard InChI is InChI=1S/C20H16N6O/c1-27-16-9-7-15(8-10-16)18-23-20-17-11-22-25(12-14-5-3-2-4-6-14)19(17)21-13-26(20)24-18/h2-11,13H,12H2,1H3. The van der Waals surface area contributed by atoms with Crippen LogP contribution in [0, 0.1) is 0 Å². The molecule has 3 aromatic heterocycles. The van der Waals surface area contributed by atoms with Crippen LogP contribution in [0.3, 0.4) is 0 Å². The van der Waals surface area contributed by atoms with E-state index in [2.05, 4.69) is 27.3 Å². The zero-order chi connectivity index (χ0) is 18.2. The number of hydrogen-bond acceptors (Lipinski definition) is 5. The lowest BCUT2D eigenvalue weighted by atomic mass is 10.2. The Bertz CT molecular complexity index is 1220. The van der Waals surface area contributed by atoms with Gasteiger partial charge in [0.2, 0.25) is 0 Å². The second kappa shape index (κ2) is 6.21. The van der Waals surface area contributed by atoms with Gasteiger partial charge < -0.3 is 4.74 Å². The summed E-state index contributed by atoms with van der Waals surface area (Å²) in [5.74, 6) is 1.44. The molecule has 0 aliphatic heterocycles. The second-order valence-electron chi connectivity index (χ2n) is 6.20. The number of fused-ring (bicyclic) bond motifs is 3. The van der Waals surface area contributed by atoms with Crippen LogP contribution >= 0.6 is 0 Å². The first-order chi connectivity index (χ1) is 13.3. The van der Waals surface area contributed by atoms with Crippen LogP contribution in [0.25, 0.3) is 28.1 Å². The molecule has 27 heavy (non-hydrogen) atoms. The van der Waals surface area contributed by atoms with Crippen molar-refractivity contribution in [3.05, 3.63) is 72.7 Å². The normalized spacial score (nSPS) is 11.3. The zero-order valence-electron chi connectivity index (χ0n) is 14.6. The van der Waals surface area contributed by atoms with Crippen molar-refractivity contribution in [2.75, 3.05) is 7.11 Å². The van der Waals surface area contributed by atoms with Crippen LogP contribution in [0.15, 0.2) is 67.1 Å². The fourth-order valence-corrected chi connectivity index (χ4v) is 3.10. The molecule has 0 saturated heterocycles. The Morgan fingerprint density at radius 2 is 1.78 bits per heavy atom. The van der Waals surface area contributed by atoms with Gasteiger partial charge in [-0.2, -0.15) is 5.10 Å². The summed E-state index contributed by atoms with van der Waals surface area (Å²) >= 11 is 0. The van der Waals surface area contributed by atoms with E-state index in [9.17, 15) is 0 Å². The van der Waals surface area contributed by atoms with E-state index in [1.54, 1.807) is 24.1 Å². The third-order valence-electron chi connectivity index (χ3n) is 4.50. The molecule has 2 aromatic carbocycles. The van der Waals surface area contributed by atoms with Crippen LogP contribution in [-0.4, -0.2) is 36.5 Å². The van der Waals surface area contributed by atoms with E-state index in [0.29, 0.717) is 12.4 Å². The number of benzene rings is 2. The van der Waals surface area contributed by atoms with E-state index in [-0.39, 0.29) is 0 Å². The van der Waals surface area contributed by atoms with Crippen molar-refractivity contribution in [3.63, 3.8) is 0 Å². The molecule has 0 aliphatic carbocycles. The topological polar surface area (TPSA) is 70.1 Å². The van der Waals surface area contributed by atoms with Gasteiger partial charge in [-0.3, -0.25) is 0 Å². The van der Waals surface area contributed by atoms with Gasteiger partial charge in [0.05, 0.1) is 25.2 Å². The smallest absolute Gasteiger partial charge is 0.182 e. The van der Waals surface area contributed by atoms with Gasteiger partial charge >= 0.3 is 0 Å². The summed E-state index contributed by atoms with van der Waals surface area (Å²) in [7, 11) is 1.65. The van der Waals surface area contributed by atoms with E-state index < -0.39 is 0 Å². The molecule has 5 rings (SSSR count). The Kier molecular flexibility index (Phi) is 3.57. The minimum absolute atomic E-state index is 0.641. The van der Waals surface area contributed by atoms with Gasteiger partial charge in [0.1, 0.15) is 12.1 Å². The predicted octanol–water partition coefficient (Wildman–Crippen LogP) is 3.20. The first-order valence-corrected chi connectivity index (χ1v) is 8.57. The second-order valence-corrected chi connectivity index (χ2v) is 6.20. The SMILES string of the molecule is COc1ccc(-c2nc3c4cnn(Cc5ccccc5)c4ncn3n2)cc1. The highest BCUT2D eigenvalue weighted by atomic mass is 16.5. The number of methoxy groups -OCH3 is 1. The van der Waals surface area contributed by atoms with Crippen molar-refractivity contribution in [3.8, 4) is 17.1 Å². The molecular weight excluding hydrogens is 340 g/mol. The fourth-order valence-electron chi connectivity index (χ4n) is 3.10. The monoisotopic (exact) mass is 356 g/mol. The van der Waals surface area contributed by atoms with E-state index >= 15 is 0 Å². The number of ether oxygens (including phenoxy) is 1.